The summed E-state index contributed by atoms with van der Waals surface area (Å²) >= 11 is 0. The normalized spacial score (nSPS) is 12.5. The van der Waals surface area contributed by atoms with E-state index in [0.717, 1.165) is 96.3 Å². The van der Waals surface area contributed by atoms with Gasteiger partial charge in [0.1, 0.15) is 13.2 Å². The number of carbonyl (C=O) groups excluding carboxylic acids is 3. The molecular weight excluding hydrogens is 997 g/mol. The van der Waals surface area contributed by atoms with Crippen molar-refractivity contribution in [2.24, 2.45) is 0 Å². The topological polar surface area (TPSA) is 78.9 Å². The summed E-state index contributed by atoms with van der Waals surface area (Å²) in [4.78, 5) is 38.4. The molecule has 470 valence electrons. The monoisotopic (exact) mass is 1130 g/mol. The number of carbonyl (C=O) groups is 3. The van der Waals surface area contributed by atoms with E-state index in [1.165, 1.54) is 231 Å². The van der Waals surface area contributed by atoms with E-state index in [0.29, 0.717) is 19.3 Å². The zero-order chi connectivity index (χ0) is 58.5. The summed E-state index contributed by atoms with van der Waals surface area (Å²) in [5, 5.41) is 0. The third-order valence-corrected chi connectivity index (χ3v) is 15.7. The summed E-state index contributed by atoms with van der Waals surface area (Å²) in [5.41, 5.74) is 0. The molecule has 1 unspecified atom stereocenters. The lowest BCUT2D eigenvalue weighted by molar-refractivity contribution is -0.167. The molecule has 0 N–H and O–H groups in total. The van der Waals surface area contributed by atoms with Crippen molar-refractivity contribution in [3.63, 3.8) is 0 Å². The number of hydrogen-bond acceptors (Lipinski definition) is 6. The molecule has 0 rings (SSSR count). The summed E-state index contributed by atoms with van der Waals surface area (Å²) in [6, 6.07) is 0. The van der Waals surface area contributed by atoms with Crippen molar-refractivity contribution in [3.8, 4) is 0 Å². The highest BCUT2D eigenvalue weighted by Gasteiger charge is 2.19. The number of rotatable bonds is 65. The second kappa shape index (κ2) is 69.3. The van der Waals surface area contributed by atoms with E-state index in [4.69, 9.17) is 14.2 Å². The Kier molecular flexibility index (Phi) is 66.6. The highest BCUT2D eigenvalue weighted by Crippen LogP contribution is 2.18. The molecule has 0 fully saturated rings. The molecule has 0 saturated carbocycles. The second-order valence-electron chi connectivity index (χ2n) is 23.8. The maximum atomic E-state index is 12.9. The summed E-state index contributed by atoms with van der Waals surface area (Å²) in [7, 11) is 0. The fourth-order valence-electron chi connectivity index (χ4n) is 10.4. The van der Waals surface area contributed by atoms with Gasteiger partial charge in [-0.2, -0.15) is 0 Å². The van der Waals surface area contributed by atoms with Crippen LogP contribution in [0.25, 0.3) is 0 Å². The van der Waals surface area contributed by atoms with Crippen LogP contribution in [0.4, 0.5) is 0 Å². The molecule has 0 radical (unpaired) electrons. The first-order valence-electron chi connectivity index (χ1n) is 35.4. The van der Waals surface area contributed by atoms with E-state index >= 15 is 0 Å². The van der Waals surface area contributed by atoms with E-state index < -0.39 is 6.10 Å². The van der Waals surface area contributed by atoms with Gasteiger partial charge in [-0.15, -0.1) is 0 Å². The van der Waals surface area contributed by atoms with Gasteiger partial charge in [0.2, 0.25) is 0 Å². The lowest BCUT2D eigenvalue weighted by Gasteiger charge is -2.18. The van der Waals surface area contributed by atoms with Gasteiger partial charge in [0, 0.05) is 19.3 Å². The molecule has 0 aliphatic carbocycles. The Morgan fingerprint density at radius 1 is 0.259 bits per heavy atom. The van der Waals surface area contributed by atoms with Crippen LogP contribution in [-0.2, 0) is 28.6 Å². The van der Waals surface area contributed by atoms with Gasteiger partial charge in [0.25, 0.3) is 0 Å². The Bertz CT molecular complexity index is 1490. The second-order valence-corrected chi connectivity index (χ2v) is 23.8. The number of esters is 3. The number of ether oxygens (including phenoxy) is 3. The third-order valence-electron chi connectivity index (χ3n) is 15.7. The van der Waals surface area contributed by atoms with E-state index in [-0.39, 0.29) is 31.1 Å². The molecule has 0 aliphatic rings. The van der Waals surface area contributed by atoms with Crippen LogP contribution in [0.2, 0.25) is 0 Å². The predicted molar refractivity (Wildman–Crippen MR) is 353 cm³/mol. The van der Waals surface area contributed by atoms with Gasteiger partial charge >= 0.3 is 17.9 Å². The van der Waals surface area contributed by atoms with Gasteiger partial charge in [0.15, 0.2) is 6.10 Å². The standard InChI is InChI=1S/C75H134O6/c1-4-7-10-13-16-19-22-25-28-31-33-34-35-36-37-38-39-40-42-44-47-50-53-56-59-62-65-68-74(77)80-71-72(70-79-73(76)67-64-61-58-55-52-49-46-43-30-27-24-21-18-15-12-9-6-3)81-75(78)69-66-63-60-57-54-51-48-45-41-32-29-26-23-20-17-14-11-8-5-2/h8,11,17,20,26,29,31,33,41,45,51,54,72H,4-7,9-10,12-16,18-19,21-25,27-28,30,32,34-40,42-44,46-50,52-53,55-71H2,1-3H3/b11-8-,20-17-,29-26-,33-31-,45-41-,54-51-. The molecule has 0 saturated heterocycles. The number of hydrogen-bond donors (Lipinski definition) is 0. The van der Waals surface area contributed by atoms with Crippen LogP contribution in [0.15, 0.2) is 72.9 Å². The fraction of sp³-hybridized carbons (Fsp3) is 0.800. The maximum Gasteiger partial charge on any atom is 0.306 e. The summed E-state index contributed by atoms with van der Waals surface area (Å²) in [6.45, 7) is 6.56. The average molecular weight is 1130 g/mol. The lowest BCUT2D eigenvalue weighted by atomic mass is 10.0. The van der Waals surface area contributed by atoms with Gasteiger partial charge in [-0.05, 0) is 89.9 Å². The van der Waals surface area contributed by atoms with Crippen LogP contribution >= 0.6 is 0 Å². The Hall–Kier alpha value is -3.15. The molecule has 0 bridgehead atoms. The minimum atomic E-state index is -0.793. The highest BCUT2D eigenvalue weighted by molar-refractivity contribution is 5.71. The SMILES string of the molecule is CC/C=C\C/C=C\C/C=C\C/C=C\C/C=C\CCCCCC(=O)OC(COC(=O)CCCCCCCCCCCCCCCCC/C=C\CCCCCCCCCC)COC(=O)CCCCCCCCCCCCCCCCCCC. The zero-order valence-electron chi connectivity index (χ0n) is 54.1. The lowest BCUT2D eigenvalue weighted by Crippen LogP contribution is -2.30. The van der Waals surface area contributed by atoms with Crippen molar-refractivity contribution < 1.29 is 28.6 Å². The van der Waals surface area contributed by atoms with Crippen molar-refractivity contribution >= 4 is 17.9 Å². The average Bonchev–Trinajstić information content (AvgIpc) is 3.47. The summed E-state index contributed by atoms with van der Waals surface area (Å²) < 4.78 is 17.0. The smallest absolute Gasteiger partial charge is 0.306 e. The van der Waals surface area contributed by atoms with E-state index in [1.54, 1.807) is 0 Å². The molecule has 6 nitrogen and oxygen atoms in total. The predicted octanol–water partition coefficient (Wildman–Crippen LogP) is 24.4. The van der Waals surface area contributed by atoms with Crippen LogP contribution in [0, 0.1) is 0 Å². The Labute approximate surface area is 503 Å². The number of unbranched alkanes of at least 4 members (excludes halogenated alkanes) is 42. The molecule has 1 atom stereocenters. The highest BCUT2D eigenvalue weighted by atomic mass is 16.6. The van der Waals surface area contributed by atoms with Crippen LogP contribution in [0.5, 0.6) is 0 Å². The maximum absolute atomic E-state index is 12.9. The molecule has 81 heavy (non-hydrogen) atoms. The number of allylic oxidation sites excluding steroid dienone is 12. The summed E-state index contributed by atoms with van der Waals surface area (Å²) in [5.74, 6) is -0.894. The van der Waals surface area contributed by atoms with E-state index in [9.17, 15) is 14.4 Å². The van der Waals surface area contributed by atoms with Crippen molar-refractivity contribution in [2.45, 2.75) is 374 Å². The van der Waals surface area contributed by atoms with Crippen LogP contribution in [-0.4, -0.2) is 37.2 Å². The largest absolute Gasteiger partial charge is 0.462 e. The van der Waals surface area contributed by atoms with E-state index in [2.05, 4.69) is 93.7 Å². The fourth-order valence-corrected chi connectivity index (χ4v) is 10.4. The first-order valence-corrected chi connectivity index (χ1v) is 35.4. The Morgan fingerprint density at radius 2 is 0.481 bits per heavy atom. The molecular formula is C75H134O6. The van der Waals surface area contributed by atoms with Crippen LogP contribution in [0.1, 0.15) is 367 Å². The van der Waals surface area contributed by atoms with E-state index in [1.807, 2.05) is 0 Å². The van der Waals surface area contributed by atoms with Crippen molar-refractivity contribution in [1.29, 1.82) is 0 Å². The van der Waals surface area contributed by atoms with Gasteiger partial charge < -0.3 is 14.2 Å². The van der Waals surface area contributed by atoms with Crippen molar-refractivity contribution in [1.82, 2.24) is 0 Å². The van der Waals surface area contributed by atoms with Crippen molar-refractivity contribution in [2.75, 3.05) is 13.2 Å². The van der Waals surface area contributed by atoms with Gasteiger partial charge in [0.05, 0.1) is 0 Å². The first-order chi connectivity index (χ1) is 40.0. The molecule has 6 heteroatoms. The first kappa shape index (κ1) is 77.9. The molecule has 0 heterocycles. The minimum absolute atomic E-state index is 0.0847. The third kappa shape index (κ3) is 67.5. The molecule has 0 aromatic heterocycles. The van der Waals surface area contributed by atoms with Crippen LogP contribution in [0.3, 0.4) is 0 Å². The van der Waals surface area contributed by atoms with Gasteiger partial charge in [-0.25, -0.2) is 0 Å². The molecule has 0 amide bonds. The van der Waals surface area contributed by atoms with Gasteiger partial charge in [-0.1, -0.05) is 331 Å². The van der Waals surface area contributed by atoms with Crippen LogP contribution < -0.4 is 0 Å². The summed E-state index contributed by atoms with van der Waals surface area (Å²) in [6.07, 6.45) is 90.7. The molecule has 0 aliphatic heterocycles. The zero-order valence-corrected chi connectivity index (χ0v) is 54.1. The Morgan fingerprint density at radius 3 is 0.778 bits per heavy atom. The Balaban J connectivity index is 4.32. The molecule has 0 spiro atoms. The quantitative estimate of drug-likeness (QED) is 0.0261. The molecule has 0 aromatic carbocycles. The van der Waals surface area contributed by atoms with Crippen molar-refractivity contribution in [3.05, 3.63) is 72.9 Å². The minimum Gasteiger partial charge on any atom is -0.462 e. The van der Waals surface area contributed by atoms with Gasteiger partial charge in [-0.3, -0.25) is 14.4 Å². The molecule has 0 aromatic rings.